The number of carboxylic acids is 1. The summed E-state index contributed by atoms with van der Waals surface area (Å²) in [6.45, 7) is 1.29. The molecule has 5 heteroatoms. The molecule has 2 aromatic rings. The number of benzene rings is 2. The van der Waals surface area contributed by atoms with Gasteiger partial charge in [-0.3, -0.25) is 0 Å². The highest BCUT2D eigenvalue weighted by atomic mass is 16.5. The van der Waals surface area contributed by atoms with Crippen LogP contribution in [0.25, 0.3) is 0 Å². The van der Waals surface area contributed by atoms with Crippen molar-refractivity contribution in [2.45, 2.75) is 6.42 Å². The van der Waals surface area contributed by atoms with E-state index < -0.39 is 5.97 Å². The van der Waals surface area contributed by atoms with E-state index in [0.29, 0.717) is 13.2 Å². The Labute approximate surface area is 129 Å². The SMILES string of the molecule is COc1ccc(OCCCNc2cccc(C(=O)O)c2)cc1. The number of anilines is 1. The zero-order valence-electron chi connectivity index (χ0n) is 12.4. The quantitative estimate of drug-likeness (QED) is 0.732. The minimum absolute atomic E-state index is 0.277. The Morgan fingerprint density at radius 1 is 1.14 bits per heavy atom. The highest BCUT2D eigenvalue weighted by Crippen LogP contribution is 2.17. The van der Waals surface area contributed by atoms with Crippen molar-refractivity contribution < 1.29 is 19.4 Å². The molecule has 22 heavy (non-hydrogen) atoms. The summed E-state index contributed by atoms with van der Waals surface area (Å²) in [6.07, 6.45) is 0.809. The molecule has 0 radical (unpaired) electrons. The van der Waals surface area contributed by atoms with Crippen LogP contribution in [0.5, 0.6) is 11.5 Å². The molecule has 2 rings (SSSR count). The Kier molecular flexibility index (Phi) is 5.65. The van der Waals surface area contributed by atoms with Gasteiger partial charge >= 0.3 is 5.97 Å². The van der Waals surface area contributed by atoms with Crippen molar-refractivity contribution in [3.63, 3.8) is 0 Å². The van der Waals surface area contributed by atoms with Gasteiger partial charge in [0, 0.05) is 12.2 Å². The van der Waals surface area contributed by atoms with Gasteiger partial charge in [-0.1, -0.05) is 6.07 Å². The van der Waals surface area contributed by atoms with Crippen LogP contribution in [0.1, 0.15) is 16.8 Å². The number of carbonyl (C=O) groups is 1. The smallest absolute Gasteiger partial charge is 0.335 e. The second-order valence-electron chi connectivity index (χ2n) is 4.69. The minimum Gasteiger partial charge on any atom is -0.497 e. The third-order valence-corrected chi connectivity index (χ3v) is 3.09. The van der Waals surface area contributed by atoms with Crippen LogP contribution in [0, 0.1) is 0 Å². The summed E-state index contributed by atoms with van der Waals surface area (Å²) in [7, 11) is 1.63. The van der Waals surface area contributed by atoms with Gasteiger partial charge in [0.15, 0.2) is 0 Å². The van der Waals surface area contributed by atoms with Gasteiger partial charge in [0.2, 0.25) is 0 Å². The maximum atomic E-state index is 10.9. The molecule has 116 valence electrons. The molecule has 0 aliphatic carbocycles. The lowest BCUT2D eigenvalue weighted by Gasteiger charge is -2.09. The van der Waals surface area contributed by atoms with E-state index in [9.17, 15) is 4.79 Å². The van der Waals surface area contributed by atoms with E-state index >= 15 is 0 Å². The lowest BCUT2D eigenvalue weighted by Crippen LogP contribution is -2.08. The zero-order chi connectivity index (χ0) is 15.8. The zero-order valence-corrected chi connectivity index (χ0v) is 12.4. The highest BCUT2D eigenvalue weighted by molar-refractivity contribution is 5.88. The van der Waals surface area contributed by atoms with Gasteiger partial charge in [-0.25, -0.2) is 4.79 Å². The first-order chi connectivity index (χ1) is 10.7. The molecule has 0 aromatic heterocycles. The van der Waals surface area contributed by atoms with Crippen molar-refractivity contribution in [1.82, 2.24) is 0 Å². The summed E-state index contributed by atoms with van der Waals surface area (Å²) in [4.78, 5) is 10.9. The van der Waals surface area contributed by atoms with Gasteiger partial charge < -0.3 is 19.9 Å². The van der Waals surface area contributed by atoms with Crippen LogP contribution in [0.2, 0.25) is 0 Å². The van der Waals surface area contributed by atoms with Crippen molar-refractivity contribution in [3.8, 4) is 11.5 Å². The lowest BCUT2D eigenvalue weighted by atomic mass is 10.2. The Morgan fingerprint density at radius 3 is 2.55 bits per heavy atom. The topological polar surface area (TPSA) is 67.8 Å². The average Bonchev–Trinajstić information content (AvgIpc) is 2.55. The summed E-state index contributed by atoms with van der Waals surface area (Å²) in [5, 5.41) is 12.1. The van der Waals surface area contributed by atoms with E-state index in [1.165, 1.54) is 0 Å². The molecule has 0 bridgehead atoms. The summed E-state index contributed by atoms with van der Waals surface area (Å²) in [5.41, 5.74) is 1.07. The first-order valence-corrected chi connectivity index (χ1v) is 7.03. The molecule has 0 heterocycles. The number of rotatable bonds is 8. The number of methoxy groups -OCH3 is 1. The first kappa shape index (κ1) is 15.7. The predicted molar refractivity (Wildman–Crippen MR) is 85.0 cm³/mol. The molecule has 0 unspecified atom stereocenters. The maximum absolute atomic E-state index is 10.9. The summed E-state index contributed by atoms with van der Waals surface area (Å²) < 4.78 is 10.7. The molecule has 2 N–H and O–H groups in total. The molecule has 0 amide bonds. The fourth-order valence-electron chi connectivity index (χ4n) is 1.93. The average molecular weight is 301 g/mol. The van der Waals surface area contributed by atoms with Crippen molar-refractivity contribution in [1.29, 1.82) is 0 Å². The van der Waals surface area contributed by atoms with Crippen molar-refractivity contribution >= 4 is 11.7 Å². The van der Waals surface area contributed by atoms with Crippen molar-refractivity contribution in [2.24, 2.45) is 0 Å². The summed E-state index contributed by atoms with van der Waals surface area (Å²) >= 11 is 0. The first-order valence-electron chi connectivity index (χ1n) is 7.03. The second-order valence-corrected chi connectivity index (χ2v) is 4.69. The van der Waals surface area contributed by atoms with E-state index in [2.05, 4.69) is 5.32 Å². The maximum Gasteiger partial charge on any atom is 0.335 e. The van der Waals surface area contributed by atoms with E-state index in [1.807, 2.05) is 30.3 Å². The van der Waals surface area contributed by atoms with E-state index in [4.69, 9.17) is 14.6 Å². The van der Waals surface area contributed by atoms with Crippen molar-refractivity contribution in [2.75, 3.05) is 25.6 Å². The molecule has 0 aliphatic rings. The van der Waals surface area contributed by atoms with Crippen LogP contribution in [0.3, 0.4) is 0 Å². The van der Waals surface area contributed by atoms with E-state index in [-0.39, 0.29) is 5.56 Å². The number of ether oxygens (including phenoxy) is 2. The molecule has 0 fully saturated rings. The Balaban J connectivity index is 1.70. The number of hydrogen-bond acceptors (Lipinski definition) is 4. The van der Waals surface area contributed by atoms with Crippen LogP contribution in [0.4, 0.5) is 5.69 Å². The van der Waals surface area contributed by atoms with Crippen LogP contribution < -0.4 is 14.8 Å². The number of nitrogens with one attached hydrogen (secondary N) is 1. The molecular weight excluding hydrogens is 282 g/mol. The summed E-state index contributed by atoms with van der Waals surface area (Å²) in [5.74, 6) is 0.674. The van der Waals surface area contributed by atoms with Gasteiger partial charge in [0.05, 0.1) is 19.3 Å². The molecule has 0 atom stereocenters. The standard InChI is InChI=1S/C17H19NO4/c1-21-15-6-8-16(9-7-15)22-11-3-10-18-14-5-2-4-13(12-14)17(19)20/h2,4-9,12,18H,3,10-11H2,1H3,(H,19,20). The molecule has 0 aliphatic heterocycles. The minimum atomic E-state index is -0.925. The van der Waals surface area contributed by atoms with Gasteiger partial charge in [0.1, 0.15) is 11.5 Å². The van der Waals surface area contributed by atoms with E-state index in [0.717, 1.165) is 23.6 Å². The molecular formula is C17H19NO4. The molecule has 5 nitrogen and oxygen atoms in total. The van der Waals surface area contributed by atoms with E-state index in [1.54, 1.807) is 25.3 Å². The largest absolute Gasteiger partial charge is 0.497 e. The van der Waals surface area contributed by atoms with Crippen LogP contribution >= 0.6 is 0 Å². The van der Waals surface area contributed by atoms with Crippen molar-refractivity contribution in [3.05, 3.63) is 54.1 Å². The van der Waals surface area contributed by atoms with Crippen LogP contribution in [-0.4, -0.2) is 31.3 Å². The third kappa shape index (κ3) is 4.70. The summed E-state index contributed by atoms with van der Waals surface area (Å²) in [6, 6.07) is 14.2. The molecule has 2 aromatic carbocycles. The fourth-order valence-corrected chi connectivity index (χ4v) is 1.93. The fraction of sp³-hybridized carbons (Fsp3) is 0.235. The normalized spacial score (nSPS) is 10.0. The Hall–Kier alpha value is -2.69. The highest BCUT2D eigenvalue weighted by Gasteiger charge is 2.02. The van der Waals surface area contributed by atoms with Gasteiger partial charge in [-0.15, -0.1) is 0 Å². The van der Waals surface area contributed by atoms with Gasteiger partial charge in [-0.05, 0) is 48.9 Å². The Morgan fingerprint density at radius 2 is 1.86 bits per heavy atom. The number of aromatic carboxylic acids is 1. The predicted octanol–water partition coefficient (Wildman–Crippen LogP) is 3.27. The second kappa shape index (κ2) is 7.93. The van der Waals surface area contributed by atoms with Gasteiger partial charge in [0.25, 0.3) is 0 Å². The Bertz CT molecular complexity index is 610. The third-order valence-electron chi connectivity index (χ3n) is 3.09. The number of hydrogen-bond donors (Lipinski definition) is 2. The van der Waals surface area contributed by atoms with Crippen LogP contribution in [-0.2, 0) is 0 Å². The molecule has 0 saturated carbocycles. The van der Waals surface area contributed by atoms with Gasteiger partial charge in [-0.2, -0.15) is 0 Å². The lowest BCUT2D eigenvalue weighted by molar-refractivity contribution is 0.0697. The molecule has 0 saturated heterocycles. The molecule has 0 spiro atoms. The monoisotopic (exact) mass is 301 g/mol. The number of carboxylic acid groups (broad SMARTS) is 1. The van der Waals surface area contributed by atoms with Crippen LogP contribution in [0.15, 0.2) is 48.5 Å².